The molecule has 0 aliphatic heterocycles. The predicted molar refractivity (Wildman–Crippen MR) is 91.3 cm³/mol. The number of benzene rings is 1. The molecule has 2 N–H and O–H groups in total. The van der Waals surface area contributed by atoms with Crippen LogP contribution < -0.4 is 10.7 Å². The molecule has 1 aromatic carbocycles. The SMILES string of the molecule is CC1CCC(=NNC(=O)CNc2nc3ccccc3s2)CC1. The van der Waals surface area contributed by atoms with E-state index in [1.165, 1.54) is 12.8 Å². The summed E-state index contributed by atoms with van der Waals surface area (Å²) in [5, 5.41) is 8.05. The van der Waals surface area contributed by atoms with Gasteiger partial charge >= 0.3 is 0 Å². The molecule has 0 radical (unpaired) electrons. The van der Waals surface area contributed by atoms with Gasteiger partial charge < -0.3 is 5.32 Å². The average Bonchev–Trinajstić information content (AvgIpc) is 2.95. The molecule has 1 aliphatic carbocycles. The number of thiazole rings is 1. The Morgan fingerprint density at radius 1 is 1.36 bits per heavy atom. The number of nitrogens with zero attached hydrogens (tertiary/aromatic N) is 2. The molecule has 116 valence electrons. The van der Waals surface area contributed by atoms with Crippen LogP contribution in [0.3, 0.4) is 0 Å². The smallest absolute Gasteiger partial charge is 0.259 e. The molecule has 6 heteroatoms. The number of carbonyl (C=O) groups excluding carboxylic acids is 1. The second-order valence-corrected chi connectivity index (χ2v) is 6.77. The molecule has 0 bridgehead atoms. The summed E-state index contributed by atoms with van der Waals surface area (Å²) in [5.74, 6) is 0.640. The maximum atomic E-state index is 11.8. The Labute approximate surface area is 133 Å². The summed E-state index contributed by atoms with van der Waals surface area (Å²) in [4.78, 5) is 16.3. The first-order chi connectivity index (χ1) is 10.7. The Hall–Kier alpha value is -1.95. The lowest BCUT2D eigenvalue weighted by atomic mass is 9.90. The van der Waals surface area contributed by atoms with E-state index in [4.69, 9.17) is 0 Å². The van der Waals surface area contributed by atoms with Crippen molar-refractivity contribution in [2.75, 3.05) is 11.9 Å². The molecule has 22 heavy (non-hydrogen) atoms. The molecule has 1 amide bonds. The van der Waals surface area contributed by atoms with Crippen LogP contribution in [0, 0.1) is 5.92 Å². The molecule has 5 nitrogen and oxygen atoms in total. The van der Waals surface area contributed by atoms with E-state index in [0.717, 1.165) is 39.8 Å². The molecule has 1 fully saturated rings. The van der Waals surface area contributed by atoms with Gasteiger partial charge in [-0.1, -0.05) is 30.4 Å². The molecule has 1 saturated carbocycles. The number of nitrogens with one attached hydrogen (secondary N) is 2. The molecule has 1 aromatic heterocycles. The first-order valence-corrected chi connectivity index (χ1v) is 8.46. The van der Waals surface area contributed by atoms with Crippen molar-refractivity contribution in [2.45, 2.75) is 32.6 Å². The summed E-state index contributed by atoms with van der Waals surface area (Å²) in [7, 11) is 0. The van der Waals surface area contributed by atoms with Gasteiger partial charge in [-0.2, -0.15) is 5.10 Å². The number of hydrogen-bond donors (Lipinski definition) is 2. The molecule has 0 saturated heterocycles. The molecule has 0 atom stereocenters. The van der Waals surface area contributed by atoms with Gasteiger partial charge in [0.25, 0.3) is 5.91 Å². The summed E-state index contributed by atoms with van der Waals surface area (Å²) in [6.07, 6.45) is 4.32. The van der Waals surface area contributed by atoms with Crippen LogP contribution >= 0.6 is 11.3 Å². The average molecular weight is 316 g/mol. The summed E-state index contributed by atoms with van der Waals surface area (Å²) < 4.78 is 1.11. The fourth-order valence-corrected chi connectivity index (χ4v) is 3.35. The summed E-state index contributed by atoms with van der Waals surface area (Å²) in [6.45, 7) is 2.45. The Balaban J connectivity index is 1.49. The van der Waals surface area contributed by atoms with Crippen LogP contribution in [0.25, 0.3) is 10.2 Å². The lowest BCUT2D eigenvalue weighted by Gasteiger charge is -2.18. The first kappa shape index (κ1) is 15.0. The van der Waals surface area contributed by atoms with Gasteiger partial charge in [-0.25, -0.2) is 10.4 Å². The Morgan fingerprint density at radius 3 is 2.91 bits per heavy atom. The van der Waals surface area contributed by atoms with Gasteiger partial charge in [-0.3, -0.25) is 4.79 Å². The Kier molecular flexibility index (Phi) is 4.68. The van der Waals surface area contributed by atoms with Gasteiger partial charge in [-0.15, -0.1) is 0 Å². The van der Waals surface area contributed by atoms with E-state index in [-0.39, 0.29) is 12.5 Å². The zero-order valence-electron chi connectivity index (χ0n) is 12.6. The topological polar surface area (TPSA) is 66.4 Å². The minimum Gasteiger partial charge on any atom is -0.352 e. The van der Waals surface area contributed by atoms with Crippen molar-refractivity contribution in [1.82, 2.24) is 10.4 Å². The standard InChI is InChI=1S/C16H20N4OS/c1-11-6-8-12(9-7-11)19-20-15(21)10-17-16-18-13-4-2-3-5-14(13)22-16/h2-5,11H,6-10H2,1H3,(H,17,18)(H,20,21). The summed E-state index contributed by atoms with van der Waals surface area (Å²) in [5.41, 5.74) is 4.69. The second-order valence-electron chi connectivity index (χ2n) is 5.74. The fraction of sp³-hybridized carbons (Fsp3) is 0.438. The van der Waals surface area contributed by atoms with Crippen LogP contribution in [-0.4, -0.2) is 23.1 Å². The number of carbonyl (C=O) groups is 1. The zero-order chi connectivity index (χ0) is 15.4. The number of fused-ring (bicyclic) bond motifs is 1. The number of rotatable bonds is 4. The molecule has 0 spiro atoms. The van der Waals surface area contributed by atoms with Gasteiger partial charge in [0, 0.05) is 5.71 Å². The van der Waals surface area contributed by atoms with Crippen LogP contribution in [0.5, 0.6) is 0 Å². The molecular weight excluding hydrogens is 296 g/mol. The van der Waals surface area contributed by atoms with E-state index >= 15 is 0 Å². The molecule has 2 aromatic rings. The minimum absolute atomic E-state index is 0.134. The van der Waals surface area contributed by atoms with Gasteiger partial charge in [0.15, 0.2) is 5.13 Å². The van der Waals surface area contributed by atoms with Gasteiger partial charge in [0.1, 0.15) is 0 Å². The highest BCUT2D eigenvalue weighted by Crippen LogP contribution is 2.25. The highest BCUT2D eigenvalue weighted by molar-refractivity contribution is 7.22. The van der Waals surface area contributed by atoms with Crippen LogP contribution in [0.15, 0.2) is 29.4 Å². The van der Waals surface area contributed by atoms with Crippen LogP contribution in [0.1, 0.15) is 32.6 Å². The Morgan fingerprint density at radius 2 is 2.14 bits per heavy atom. The molecular formula is C16H20N4OS. The number of amides is 1. The Bertz CT molecular complexity index is 651. The fourth-order valence-electron chi connectivity index (χ4n) is 2.49. The number of hydrogen-bond acceptors (Lipinski definition) is 5. The number of aromatic nitrogens is 1. The van der Waals surface area contributed by atoms with Gasteiger partial charge in [0.05, 0.1) is 16.8 Å². The highest BCUT2D eigenvalue weighted by atomic mass is 32.1. The largest absolute Gasteiger partial charge is 0.352 e. The second kappa shape index (κ2) is 6.87. The molecule has 3 rings (SSSR count). The van der Waals surface area contributed by atoms with Crippen molar-refractivity contribution >= 4 is 38.3 Å². The van der Waals surface area contributed by atoms with Crippen molar-refractivity contribution in [3.05, 3.63) is 24.3 Å². The summed E-state index contributed by atoms with van der Waals surface area (Å²) in [6, 6.07) is 7.93. The third-order valence-corrected chi connectivity index (χ3v) is 4.88. The van der Waals surface area contributed by atoms with E-state index in [1.54, 1.807) is 11.3 Å². The van der Waals surface area contributed by atoms with Crippen LogP contribution in [0.2, 0.25) is 0 Å². The maximum Gasteiger partial charge on any atom is 0.259 e. The van der Waals surface area contributed by atoms with E-state index in [9.17, 15) is 4.79 Å². The van der Waals surface area contributed by atoms with Gasteiger partial charge in [-0.05, 0) is 43.7 Å². The molecule has 0 unspecified atom stereocenters. The van der Waals surface area contributed by atoms with Gasteiger partial charge in [0.2, 0.25) is 0 Å². The van der Waals surface area contributed by atoms with E-state index in [0.29, 0.717) is 0 Å². The number of para-hydroxylation sites is 1. The third-order valence-electron chi connectivity index (χ3n) is 3.88. The predicted octanol–water partition coefficient (Wildman–Crippen LogP) is 3.39. The molecule has 1 aliphatic rings. The van der Waals surface area contributed by atoms with Crippen molar-refractivity contribution in [3.63, 3.8) is 0 Å². The van der Waals surface area contributed by atoms with E-state index < -0.39 is 0 Å². The quantitative estimate of drug-likeness (QED) is 0.850. The number of anilines is 1. The zero-order valence-corrected chi connectivity index (χ0v) is 13.4. The number of hydrazone groups is 1. The third kappa shape index (κ3) is 3.82. The maximum absolute atomic E-state index is 11.8. The monoisotopic (exact) mass is 316 g/mol. The van der Waals surface area contributed by atoms with Crippen molar-refractivity contribution in [1.29, 1.82) is 0 Å². The highest BCUT2D eigenvalue weighted by Gasteiger charge is 2.13. The molecule has 1 heterocycles. The van der Waals surface area contributed by atoms with Crippen LogP contribution in [0.4, 0.5) is 5.13 Å². The van der Waals surface area contributed by atoms with Crippen molar-refractivity contribution in [2.24, 2.45) is 11.0 Å². The lowest BCUT2D eigenvalue weighted by molar-refractivity contribution is -0.119. The first-order valence-electron chi connectivity index (χ1n) is 7.64. The van der Waals surface area contributed by atoms with Crippen LogP contribution in [-0.2, 0) is 4.79 Å². The van der Waals surface area contributed by atoms with Crippen molar-refractivity contribution in [3.8, 4) is 0 Å². The lowest BCUT2D eigenvalue weighted by Crippen LogP contribution is -2.27. The minimum atomic E-state index is -0.134. The summed E-state index contributed by atoms with van der Waals surface area (Å²) >= 11 is 1.55. The normalized spacial score (nSPS) is 18.2. The van der Waals surface area contributed by atoms with Crippen molar-refractivity contribution < 1.29 is 4.79 Å². The van der Waals surface area contributed by atoms with E-state index in [2.05, 4.69) is 27.8 Å². The van der Waals surface area contributed by atoms with E-state index in [1.807, 2.05) is 24.3 Å².